The molecule has 108 valence electrons. The Balaban J connectivity index is 1.94. The molecule has 2 rings (SSSR count). The quantitative estimate of drug-likeness (QED) is 0.860. The van der Waals surface area contributed by atoms with Crippen LogP contribution in [0, 0.1) is 0 Å². The second kappa shape index (κ2) is 6.13. The van der Waals surface area contributed by atoms with Crippen LogP contribution in [-0.4, -0.2) is 36.4 Å². The van der Waals surface area contributed by atoms with E-state index in [0.717, 1.165) is 0 Å². The minimum atomic E-state index is -2.63. The van der Waals surface area contributed by atoms with Crippen molar-refractivity contribution in [3.05, 3.63) is 42.0 Å². The van der Waals surface area contributed by atoms with Crippen molar-refractivity contribution in [1.82, 2.24) is 4.90 Å². The molecule has 0 spiro atoms. The van der Waals surface area contributed by atoms with Gasteiger partial charge in [0.05, 0.1) is 6.54 Å². The highest BCUT2D eigenvalue weighted by atomic mass is 19.3. The van der Waals surface area contributed by atoms with Crippen LogP contribution in [0.3, 0.4) is 0 Å². The zero-order valence-electron chi connectivity index (χ0n) is 11.4. The van der Waals surface area contributed by atoms with Crippen LogP contribution in [0.1, 0.15) is 13.3 Å². The third-order valence-corrected chi connectivity index (χ3v) is 3.31. The fraction of sp³-hybridized carbons (Fsp3) is 0.400. The molecular formula is C15H18F2N2O. The van der Waals surface area contributed by atoms with Crippen LogP contribution >= 0.6 is 0 Å². The minimum absolute atomic E-state index is 0.135. The Kier molecular flexibility index (Phi) is 4.49. The van der Waals surface area contributed by atoms with E-state index in [-0.39, 0.29) is 25.4 Å². The number of nitrogens with zero attached hydrogens (tertiary/aromatic N) is 1. The lowest BCUT2D eigenvalue weighted by Gasteiger charge is -2.17. The molecule has 1 heterocycles. The Hall–Kier alpha value is -1.75. The van der Waals surface area contributed by atoms with Crippen molar-refractivity contribution in [3.8, 4) is 0 Å². The van der Waals surface area contributed by atoms with Gasteiger partial charge in [0.1, 0.15) is 0 Å². The van der Waals surface area contributed by atoms with Gasteiger partial charge in [0.25, 0.3) is 11.8 Å². The Morgan fingerprint density at radius 3 is 2.65 bits per heavy atom. The van der Waals surface area contributed by atoms with Crippen LogP contribution in [0.2, 0.25) is 0 Å². The number of alkyl halides is 2. The van der Waals surface area contributed by atoms with E-state index in [9.17, 15) is 13.6 Å². The van der Waals surface area contributed by atoms with E-state index < -0.39 is 5.92 Å². The number of anilines is 1. The summed E-state index contributed by atoms with van der Waals surface area (Å²) in [6, 6.07) is 9.08. The number of halogens is 2. The van der Waals surface area contributed by atoms with E-state index in [2.05, 4.69) is 5.32 Å². The van der Waals surface area contributed by atoms with Gasteiger partial charge in [-0.15, -0.1) is 0 Å². The molecule has 0 unspecified atom stereocenters. The fourth-order valence-corrected chi connectivity index (χ4v) is 2.21. The van der Waals surface area contributed by atoms with Gasteiger partial charge in [0, 0.05) is 30.8 Å². The average Bonchev–Trinajstić information content (AvgIpc) is 2.76. The van der Waals surface area contributed by atoms with Crippen molar-refractivity contribution in [2.45, 2.75) is 19.3 Å². The van der Waals surface area contributed by atoms with Gasteiger partial charge in [-0.3, -0.25) is 9.69 Å². The van der Waals surface area contributed by atoms with Crippen molar-refractivity contribution in [2.24, 2.45) is 0 Å². The van der Waals surface area contributed by atoms with Gasteiger partial charge in [-0.05, 0) is 19.1 Å². The van der Waals surface area contributed by atoms with Crippen LogP contribution in [0.15, 0.2) is 42.0 Å². The summed E-state index contributed by atoms with van der Waals surface area (Å²) in [7, 11) is 0. The summed E-state index contributed by atoms with van der Waals surface area (Å²) in [5.41, 5.74) is 1.20. The first-order chi connectivity index (χ1) is 9.50. The van der Waals surface area contributed by atoms with Crippen LogP contribution < -0.4 is 5.32 Å². The van der Waals surface area contributed by atoms with Crippen LogP contribution in [0.4, 0.5) is 14.5 Å². The molecule has 0 aliphatic carbocycles. The monoisotopic (exact) mass is 280 g/mol. The topological polar surface area (TPSA) is 32.3 Å². The number of amides is 1. The minimum Gasteiger partial charge on any atom is -0.322 e. The Labute approximate surface area is 117 Å². The van der Waals surface area contributed by atoms with E-state index in [4.69, 9.17) is 0 Å². The maximum Gasteiger partial charge on any atom is 0.261 e. The van der Waals surface area contributed by atoms with E-state index in [1.165, 1.54) is 0 Å². The zero-order valence-corrected chi connectivity index (χ0v) is 11.4. The van der Waals surface area contributed by atoms with Crippen molar-refractivity contribution in [2.75, 3.05) is 25.0 Å². The van der Waals surface area contributed by atoms with Crippen molar-refractivity contribution in [1.29, 1.82) is 0 Å². The number of hydrogen-bond acceptors (Lipinski definition) is 2. The fourth-order valence-electron chi connectivity index (χ4n) is 2.21. The number of para-hydroxylation sites is 1. The van der Waals surface area contributed by atoms with Gasteiger partial charge >= 0.3 is 0 Å². The molecule has 0 saturated carbocycles. The second-order valence-electron chi connectivity index (χ2n) is 4.95. The van der Waals surface area contributed by atoms with E-state index >= 15 is 0 Å². The highest BCUT2D eigenvalue weighted by Crippen LogP contribution is 2.27. The number of likely N-dealkylation sites (tertiary alicyclic amines) is 1. The lowest BCUT2D eigenvalue weighted by Crippen LogP contribution is -2.30. The Morgan fingerprint density at radius 1 is 1.40 bits per heavy atom. The van der Waals surface area contributed by atoms with Gasteiger partial charge in [-0.2, -0.15) is 0 Å². The smallest absolute Gasteiger partial charge is 0.261 e. The molecule has 1 aromatic carbocycles. The SMILES string of the molecule is C/C=C(\CN1CCC(F)(F)C1)C(=O)Nc1ccccc1. The summed E-state index contributed by atoms with van der Waals surface area (Å²) in [5.74, 6) is -2.87. The summed E-state index contributed by atoms with van der Waals surface area (Å²) < 4.78 is 26.3. The summed E-state index contributed by atoms with van der Waals surface area (Å²) in [6.07, 6.45) is 1.54. The van der Waals surface area contributed by atoms with Crippen LogP contribution in [0.25, 0.3) is 0 Å². The molecule has 1 aromatic rings. The van der Waals surface area contributed by atoms with E-state index in [1.54, 1.807) is 30.0 Å². The predicted octanol–water partition coefficient (Wildman–Crippen LogP) is 2.91. The molecule has 0 atom stereocenters. The van der Waals surface area contributed by atoms with Gasteiger partial charge in [-0.1, -0.05) is 24.3 Å². The number of hydrogen-bond donors (Lipinski definition) is 1. The molecule has 5 heteroatoms. The molecule has 0 radical (unpaired) electrons. The number of rotatable bonds is 4. The molecule has 1 fully saturated rings. The molecule has 0 aromatic heterocycles. The largest absolute Gasteiger partial charge is 0.322 e. The highest BCUT2D eigenvalue weighted by molar-refractivity contribution is 6.03. The van der Waals surface area contributed by atoms with Gasteiger partial charge in [0.2, 0.25) is 0 Å². The lowest BCUT2D eigenvalue weighted by molar-refractivity contribution is -0.113. The summed E-state index contributed by atoms with van der Waals surface area (Å²) in [6.45, 7) is 2.05. The maximum atomic E-state index is 13.1. The summed E-state index contributed by atoms with van der Waals surface area (Å²) >= 11 is 0. The standard InChI is InChI=1S/C15H18F2N2O/c1-2-12(10-19-9-8-15(16,17)11-19)14(20)18-13-6-4-3-5-7-13/h2-7H,8-11H2,1H3,(H,18,20)/b12-2+. The predicted molar refractivity (Wildman–Crippen MR) is 74.8 cm³/mol. The molecule has 3 nitrogen and oxygen atoms in total. The molecule has 0 bridgehead atoms. The molecular weight excluding hydrogens is 262 g/mol. The first-order valence-corrected chi connectivity index (χ1v) is 6.62. The Morgan fingerprint density at radius 2 is 2.10 bits per heavy atom. The van der Waals surface area contributed by atoms with Gasteiger partial charge < -0.3 is 5.32 Å². The molecule has 20 heavy (non-hydrogen) atoms. The first-order valence-electron chi connectivity index (χ1n) is 6.62. The van der Waals surface area contributed by atoms with E-state index in [0.29, 0.717) is 17.8 Å². The average molecular weight is 280 g/mol. The molecule has 1 amide bonds. The molecule has 1 aliphatic heterocycles. The first kappa shape index (κ1) is 14.7. The number of allylic oxidation sites excluding steroid dienone is 1. The number of benzene rings is 1. The number of carbonyl (C=O) groups excluding carboxylic acids is 1. The maximum absolute atomic E-state index is 13.1. The zero-order chi connectivity index (χ0) is 14.6. The van der Waals surface area contributed by atoms with Crippen LogP contribution in [0.5, 0.6) is 0 Å². The third-order valence-electron chi connectivity index (χ3n) is 3.31. The Bertz CT molecular complexity index is 500. The second-order valence-corrected chi connectivity index (χ2v) is 4.95. The highest BCUT2D eigenvalue weighted by Gasteiger charge is 2.38. The van der Waals surface area contributed by atoms with E-state index in [1.807, 2.05) is 18.2 Å². The molecule has 1 N–H and O–H groups in total. The lowest BCUT2D eigenvalue weighted by atomic mass is 10.2. The molecule has 1 aliphatic rings. The van der Waals surface area contributed by atoms with Crippen molar-refractivity contribution in [3.63, 3.8) is 0 Å². The van der Waals surface area contributed by atoms with Gasteiger partial charge in [0.15, 0.2) is 0 Å². The number of carbonyl (C=O) groups is 1. The van der Waals surface area contributed by atoms with Crippen molar-refractivity contribution >= 4 is 11.6 Å². The summed E-state index contributed by atoms with van der Waals surface area (Å²) in [5, 5.41) is 2.77. The normalized spacial score (nSPS) is 19.1. The number of nitrogens with one attached hydrogen (secondary N) is 1. The molecule has 1 saturated heterocycles. The van der Waals surface area contributed by atoms with Crippen LogP contribution in [-0.2, 0) is 4.79 Å². The van der Waals surface area contributed by atoms with Crippen molar-refractivity contribution < 1.29 is 13.6 Å². The summed E-state index contributed by atoms with van der Waals surface area (Å²) in [4.78, 5) is 13.7. The van der Waals surface area contributed by atoms with Gasteiger partial charge in [-0.25, -0.2) is 8.78 Å². The third kappa shape index (κ3) is 3.87.